The molecule has 0 saturated heterocycles. The summed E-state index contributed by atoms with van der Waals surface area (Å²) in [5.74, 6) is -0.0622. The van der Waals surface area contributed by atoms with E-state index < -0.39 is 0 Å². The first kappa shape index (κ1) is 14.9. The number of hydrogen-bond donors (Lipinski definition) is 3. The number of nitrogens with one attached hydrogen (secondary N) is 2. The number of para-hydroxylation sites is 1. The van der Waals surface area contributed by atoms with E-state index in [1.807, 2.05) is 38.1 Å². The quantitative estimate of drug-likeness (QED) is 0.792. The van der Waals surface area contributed by atoms with E-state index in [2.05, 4.69) is 10.6 Å². The third-order valence-electron chi connectivity index (χ3n) is 3.60. The van der Waals surface area contributed by atoms with E-state index in [-0.39, 0.29) is 24.1 Å². The van der Waals surface area contributed by atoms with Gasteiger partial charge in [-0.25, -0.2) is 0 Å². The lowest BCUT2D eigenvalue weighted by atomic mass is 9.93. The summed E-state index contributed by atoms with van der Waals surface area (Å²) in [5, 5.41) is 16.0. The van der Waals surface area contributed by atoms with E-state index in [0.29, 0.717) is 12.0 Å². The van der Waals surface area contributed by atoms with Crippen LogP contribution in [0.25, 0.3) is 0 Å². The molecule has 110 valence electrons. The fourth-order valence-corrected chi connectivity index (χ4v) is 2.68. The van der Waals surface area contributed by atoms with Gasteiger partial charge in [0.25, 0.3) is 5.91 Å². The first-order valence-electron chi connectivity index (χ1n) is 7.40. The zero-order valence-corrected chi connectivity index (χ0v) is 12.2. The molecule has 1 saturated carbocycles. The molecule has 0 radical (unpaired) electrons. The van der Waals surface area contributed by atoms with Crippen molar-refractivity contribution in [1.82, 2.24) is 5.32 Å². The molecule has 1 fully saturated rings. The number of carbonyl (C=O) groups excluding carboxylic acids is 1. The molecule has 1 aromatic rings. The summed E-state index contributed by atoms with van der Waals surface area (Å²) in [6.45, 7) is 4.10. The van der Waals surface area contributed by atoms with Gasteiger partial charge in [0.1, 0.15) is 0 Å². The molecule has 1 aliphatic rings. The number of benzene rings is 1. The van der Waals surface area contributed by atoms with Crippen LogP contribution in [-0.4, -0.2) is 29.2 Å². The first-order chi connectivity index (χ1) is 9.56. The second-order valence-corrected chi connectivity index (χ2v) is 5.84. The highest BCUT2D eigenvalue weighted by Gasteiger charge is 2.22. The number of rotatable bonds is 4. The fourth-order valence-electron chi connectivity index (χ4n) is 2.68. The highest BCUT2D eigenvalue weighted by molar-refractivity contribution is 5.99. The molecule has 0 bridgehead atoms. The van der Waals surface area contributed by atoms with Gasteiger partial charge in [-0.1, -0.05) is 12.1 Å². The van der Waals surface area contributed by atoms with E-state index in [4.69, 9.17) is 0 Å². The average Bonchev–Trinajstić information content (AvgIpc) is 2.38. The molecule has 1 aromatic carbocycles. The second kappa shape index (κ2) is 6.75. The first-order valence-corrected chi connectivity index (χ1v) is 7.40. The van der Waals surface area contributed by atoms with Crippen LogP contribution in [0, 0.1) is 0 Å². The van der Waals surface area contributed by atoms with Gasteiger partial charge in [0.2, 0.25) is 0 Å². The van der Waals surface area contributed by atoms with Crippen LogP contribution in [-0.2, 0) is 0 Å². The monoisotopic (exact) mass is 276 g/mol. The number of aliphatic hydroxyl groups is 1. The zero-order valence-electron chi connectivity index (χ0n) is 12.2. The van der Waals surface area contributed by atoms with Crippen molar-refractivity contribution in [3.8, 4) is 0 Å². The van der Waals surface area contributed by atoms with Crippen molar-refractivity contribution in [2.24, 2.45) is 0 Å². The van der Waals surface area contributed by atoms with Gasteiger partial charge in [-0.3, -0.25) is 4.79 Å². The summed E-state index contributed by atoms with van der Waals surface area (Å²) in [7, 11) is 0. The lowest BCUT2D eigenvalue weighted by molar-refractivity contribution is 0.0850. The van der Waals surface area contributed by atoms with Crippen LogP contribution in [0.2, 0.25) is 0 Å². The lowest BCUT2D eigenvalue weighted by Gasteiger charge is -2.27. The van der Waals surface area contributed by atoms with E-state index in [1.54, 1.807) is 0 Å². The molecule has 0 heterocycles. The summed E-state index contributed by atoms with van der Waals surface area (Å²) < 4.78 is 0. The minimum atomic E-state index is -0.280. The van der Waals surface area contributed by atoms with Gasteiger partial charge in [-0.05, 0) is 51.7 Å². The maximum absolute atomic E-state index is 12.4. The fraction of sp³-hybridized carbons (Fsp3) is 0.562. The van der Waals surface area contributed by atoms with E-state index in [1.165, 1.54) is 0 Å². The van der Waals surface area contributed by atoms with Crippen LogP contribution in [0.1, 0.15) is 49.9 Å². The number of carbonyl (C=O) groups is 1. The minimum absolute atomic E-state index is 0.0622. The van der Waals surface area contributed by atoms with Crippen LogP contribution >= 0.6 is 0 Å². The predicted molar refractivity (Wildman–Crippen MR) is 80.9 cm³/mol. The molecular weight excluding hydrogens is 252 g/mol. The van der Waals surface area contributed by atoms with Gasteiger partial charge < -0.3 is 15.7 Å². The smallest absolute Gasteiger partial charge is 0.253 e. The largest absolute Gasteiger partial charge is 0.393 e. The Kier molecular flexibility index (Phi) is 5.01. The third kappa shape index (κ3) is 3.97. The Morgan fingerprint density at radius 2 is 2.05 bits per heavy atom. The molecule has 2 rings (SSSR count). The summed E-state index contributed by atoms with van der Waals surface area (Å²) in [6.07, 6.45) is 3.14. The van der Waals surface area contributed by atoms with E-state index in [9.17, 15) is 9.90 Å². The molecule has 0 aromatic heterocycles. The molecule has 4 nitrogen and oxygen atoms in total. The van der Waals surface area contributed by atoms with Crippen LogP contribution in [0.4, 0.5) is 5.69 Å². The number of amides is 1. The van der Waals surface area contributed by atoms with Crippen molar-refractivity contribution in [1.29, 1.82) is 0 Å². The SMILES string of the molecule is CC(C)Nc1ccccc1C(=O)NC1CCCC(O)C1. The van der Waals surface area contributed by atoms with Gasteiger partial charge in [-0.15, -0.1) is 0 Å². The van der Waals surface area contributed by atoms with Crippen molar-refractivity contribution < 1.29 is 9.90 Å². The molecule has 0 spiro atoms. The minimum Gasteiger partial charge on any atom is -0.393 e. The Morgan fingerprint density at radius 1 is 1.30 bits per heavy atom. The highest BCUT2D eigenvalue weighted by Crippen LogP contribution is 2.20. The van der Waals surface area contributed by atoms with Crippen molar-refractivity contribution in [2.45, 2.75) is 57.7 Å². The van der Waals surface area contributed by atoms with Crippen molar-refractivity contribution in [2.75, 3.05) is 5.32 Å². The highest BCUT2D eigenvalue weighted by atomic mass is 16.3. The van der Waals surface area contributed by atoms with Gasteiger partial charge in [0, 0.05) is 17.8 Å². The molecular formula is C16H24N2O2. The molecule has 3 N–H and O–H groups in total. The normalized spacial score (nSPS) is 22.6. The van der Waals surface area contributed by atoms with Crippen LogP contribution in [0.15, 0.2) is 24.3 Å². The Hall–Kier alpha value is -1.55. The summed E-state index contributed by atoms with van der Waals surface area (Å²) in [5.41, 5.74) is 1.53. The van der Waals surface area contributed by atoms with Crippen molar-refractivity contribution in [3.05, 3.63) is 29.8 Å². The molecule has 1 aliphatic carbocycles. The maximum atomic E-state index is 12.4. The second-order valence-electron chi connectivity index (χ2n) is 5.84. The number of hydrogen-bond acceptors (Lipinski definition) is 3. The van der Waals surface area contributed by atoms with Crippen molar-refractivity contribution in [3.63, 3.8) is 0 Å². The number of anilines is 1. The van der Waals surface area contributed by atoms with Crippen LogP contribution in [0.5, 0.6) is 0 Å². The third-order valence-corrected chi connectivity index (χ3v) is 3.60. The van der Waals surface area contributed by atoms with Crippen molar-refractivity contribution >= 4 is 11.6 Å². The topological polar surface area (TPSA) is 61.4 Å². The Balaban J connectivity index is 2.05. The summed E-state index contributed by atoms with van der Waals surface area (Å²) in [6, 6.07) is 7.91. The standard InChI is InChI=1S/C16H24N2O2/c1-11(2)17-15-9-4-3-8-14(15)16(20)18-12-6-5-7-13(19)10-12/h3-4,8-9,11-13,17,19H,5-7,10H2,1-2H3,(H,18,20). The molecule has 20 heavy (non-hydrogen) atoms. The molecule has 2 atom stereocenters. The Bertz CT molecular complexity index is 460. The Morgan fingerprint density at radius 3 is 2.75 bits per heavy atom. The average molecular weight is 276 g/mol. The van der Waals surface area contributed by atoms with Crippen LogP contribution in [0.3, 0.4) is 0 Å². The maximum Gasteiger partial charge on any atom is 0.253 e. The van der Waals surface area contributed by atoms with Gasteiger partial charge >= 0.3 is 0 Å². The Labute approximate surface area is 120 Å². The zero-order chi connectivity index (χ0) is 14.5. The van der Waals surface area contributed by atoms with Gasteiger partial charge in [-0.2, -0.15) is 0 Å². The number of aliphatic hydroxyl groups excluding tert-OH is 1. The summed E-state index contributed by atoms with van der Waals surface area (Å²) in [4.78, 5) is 12.4. The van der Waals surface area contributed by atoms with E-state index in [0.717, 1.165) is 24.9 Å². The van der Waals surface area contributed by atoms with E-state index >= 15 is 0 Å². The molecule has 1 amide bonds. The lowest BCUT2D eigenvalue weighted by Crippen LogP contribution is -2.40. The molecule has 2 unspecified atom stereocenters. The summed E-state index contributed by atoms with van der Waals surface area (Å²) >= 11 is 0. The predicted octanol–water partition coefficient (Wildman–Crippen LogP) is 2.54. The molecule has 0 aliphatic heterocycles. The van der Waals surface area contributed by atoms with Crippen LogP contribution < -0.4 is 10.6 Å². The molecule has 4 heteroatoms. The van der Waals surface area contributed by atoms with Gasteiger partial charge in [0.05, 0.1) is 11.7 Å². The van der Waals surface area contributed by atoms with Gasteiger partial charge in [0.15, 0.2) is 0 Å².